The molecule has 0 amide bonds. The third-order valence-corrected chi connectivity index (χ3v) is 1.82. The molecule has 0 fully saturated rings. The minimum atomic E-state index is 0.572. The number of hydrogen-bond acceptors (Lipinski definition) is 2. The molecule has 0 aromatic heterocycles. The Morgan fingerprint density at radius 1 is 1.78 bits per heavy atom. The van der Waals surface area contributed by atoms with Crippen LogP contribution >= 0.6 is 15.9 Å². The molecular formula is C6H8BrNO. The zero-order chi connectivity index (χ0) is 6.85. The van der Waals surface area contributed by atoms with Gasteiger partial charge in [0.25, 0.3) is 0 Å². The molecule has 0 saturated heterocycles. The van der Waals surface area contributed by atoms with E-state index in [4.69, 9.17) is 5.21 Å². The van der Waals surface area contributed by atoms with Gasteiger partial charge in [-0.2, -0.15) is 0 Å². The van der Waals surface area contributed by atoms with E-state index in [1.165, 1.54) is 5.57 Å². The number of hydrogen-bond donors (Lipinski definition) is 1. The molecule has 1 N–H and O–H groups in total. The van der Waals surface area contributed by atoms with Gasteiger partial charge in [-0.25, -0.2) is 5.06 Å². The predicted octanol–water partition coefficient (Wildman–Crippen LogP) is 1.87. The highest BCUT2D eigenvalue weighted by atomic mass is 79.9. The first kappa shape index (κ1) is 6.83. The van der Waals surface area contributed by atoms with E-state index in [9.17, 15) is 0 Å². The molecule has 1 aliphatic rings. The van der Waals surface area contributed by atoms with Gasteiger partial charge in [0, 0.05) is 0 Å². The van der Waals surface area contributed by atoms with Crippen LogP contribution in [0.3, 0.4) is 0 Å². The molecule has 0 aliphatic carbocycles. The molecule has 0 spiro atoms. The van der Waals surface area contributed by atoms with Crippen molar-refractivity contribution in [3.8, 4) is 0 Å². The highest BCUT2D eigenvalue weighted by molar-refractivity contribution is 9.11. The molecule has 2 nitrogen and oxygen atoms in total. The number of halogens is 1. The molecule has 0 radical (unpaired) electrons. The van der Waals surface area contributed by atoms with E-state index in [1.807, 2.05) is 19.1 Å². The minimum absolute atomic E-state index is 0.572. The molecule has 0 atom stereocenters. The summed E-state index contributed by atoms with van der Waals surface area (Å²) in [6.45, 7) is 2.57. The van der Waals surface area contributed by atoms with Crippen molar-refractivity contribution in [2.24, 2.45) is 0 Å². The Bertz CT molecular complexity index is 174. The lowest BCUT2D eigenvalue weighted by Gasteiger charge is -2.17. The summed E-state index contributed by atoms with van der Waals surface area (Å²) in [5.74, 6) is 0. The standard InChI is InChI=1S/C6H8BrNO/c1-5-2-3-8(9)6(7)4-5/h2,4,9H,3H2,1H3. The van der Waals surface area contributed by atoms with Gasteiger partial charge < -0.3 is 0 Å². The van der Waals surface area contributed by atoms with Crippen LogP contribution < -0.4 is 0 Å². The van der Waals surface area contributed by atoms with Gasteiger partial charge in [-0.15, -0.1) is 0 Å². The van der Waals surface area contributed by atoms with Crippen molar-refractivity contribution in [2.45, 2.75) is 6.92 Å². The van der Waals surface area contributed by atoms with E-state index >= 15 is 0 Å². The summed E-state index contributed by atoms with van der Waals surface area (Å²) in [6.07, 6.45) is 3.81. The van der Waals surface area contributed by atoms with Crippen LogP contribution in [0.25, 0.3) is 0 Å². The van der Waals surface area contributed by atoms with Crippen molar-refractivity contribution < 1.29 is 5.21 Å². The quantitative estimate of drug-likeness (QED) is 0.589. The first-order chi connectivity index (χ1) is 4.20. The van der Waals surface area contributed by atoms with Gasteiger partial charge in [0.15, 0.2) is 0 Å². The minimum Gasteiger partial charge on any atom is -0.288 e. The van der Waals surface area contributed by atoms with Gasteiger partial charge in [0.2, 0.25) is 0 Å². The van der Waals surface area contributed by atoms with Crippen molar-refractivity contribution in [1.29, 1.82) is 0 Å². The van der Waals surface area contributed by atoms with E-state index in [0.29, 0.717) is 6.54 Å². The van der Waals surface area contributed by atoms with Gasteiger partial charge in [0.05, 0.1) is 6.54 Å². The fourth-order valence-corrected chi connectivity index (χ4v) is 1.14. The maximum Gasteiger partial charge on any atom is 0.107 e. The van der Waals surface area contributed by atoms with E-state index in [2.05, 4.69) is 15.9 Å². The lowest BCUT2D eigenvalue weighted by Crippen LogP contribution is -2.17. The van der Waals surface area contributed by atoms with Crippen molar-refractivity contribution in [2.75, 3.05) is 6.54 Å². The second-order valence-corrected chi connectivity index (χ2v) is 2.81. The summed E-state index contributed by atoms with van der Waals surface area (Å²) in [4.78, 5) is 0. The van der Waals surface area contributed by atoms with E-state index in [-0.39, 0.29) is 0 Å². The summed E-state index contributed by atoms with van der Waals surface area (Å²) in [6, 6.07) is 0. The Labute approximate surface area is 62.6 Å². The Morgan fingerprint density at radius 3 is 2.89 bits per heavy atom. The average Bonchev–Trinajstić information content (AvgIpc) is 1.80. The first-order valence-corrected chi connectivity index (χ1v) is 3.50. The van der Waals surface area contributed by atoms with Crippen molar-refractivity contribution >= 4 is 15.9 Å². The van der Waals surface area contributed by atoms with Crippen LogP contribution in [0.4, 0.5) is 0 Å². The predicted molar refractivity (Wildman–Crippen MR) is 39.3 cm³/mol. The zero-order valence-electron chi connectivity index (χ0n) is 5.13. The number of hydroxylamine groups is 2. The topological polar surface area (TPSA) is 23.5 Å². The summed E-state index contributed by atoms with van der Waals surface area (Å²) in [7, 11) is 0. The fourth-order valence-electron chi connectivity index (χ4n) is 0.639. The third kappa shape index (κ3) is 1.56. The largest absolute Gasteiger partial charge is 0.288 e. The molecule has 50 valence electrons. The van der Waals surface area contributed by atoms with Crippen LogP contribution in [0.5, 0.6) is 0 Å². The molecule has 9 heavy (non-hydrogen) atoms. The van der Waals surface area contributed by atoms with Crippen LogP contribution in [0, 0.1) is 0 Å². The van der Waals surface area contributed by atoms with Gasteiger partial charge >= 0.3 is 0 Å². The molecule has 1 heterocycles. The highest BCUT2D eigenvalue weighted by Crippen LogP contribution is 2.16. The molecule has 1 aliphatic heterocycles. The van der Waals surface area contributed by atoms with Crippen molar-refractivity contribution in [3.63, 3.8) is 0 Å². The van der Waals surface area contributed by atoms with Crippen LogP contribution in [-0.2, 0) is 0 Å². The summed E-state index contributed by atoms with van der Waals surface area (Å²) < 4.78 is 0.725. The Balaban J connectivity index is 2.74. The molecule has 0 aromatic carbocycles. The Morgan fingerprint density at radius 2 is 2.44 bits per heavy atom. The second kappa shape index (κ2) is 2.54. The lowest BCUT2D eigenvalue weighted by molar-refractivity contribution is -0.0344. The number of allylic oxidation sites excluding steroid dienone is 2. The SMILES string of the molecule is CC1=CCN(O)C(Br)=C1. The fraction of sp³-hybridized carbons (Fsp3) is 0.333. The normalized spacial score (nSPS) is 19.2. The Kier molecular flexibility index (Phi) is 1.93. The second-order valence-electron chi connectivity index (χ2n) is 2.00. The summed E-state index contributed by atoms with van der Waals surface area (Å²) in [5, 5.41) is 10.1. The van der Waals surface area contributed by atoms with E-state index < -0.39 is 0 Å². The summed E-state index contributed by atoms with van der Waals surface area (Å²) in [5.41, 5.74) is 1.17. The van der Waals surface area contributed by atoms with Crippen LogP contribution in [0.1, 0.15) is 6.92 Å². The van der Waals surface area contributed by atoms with Gasteiger partial charge in [-0.05, 0) is 28.9 Å². The molecule has 1 rings (SSSR count). The Hall–Kier alpha value is -0.280. The van der Waals surface area contributed by atoms with Gasteiger partial charge in [-0.3, -0.25) is 5.21 Å². The maximum absolute atomic E-state index is 8.97. The van der Waals surface area contributed by atoms with Crippen LogP contribution in [0.15, 0.2) is 22.3 Å². The lowest BCUT2D eigenvalue weighted by atomic mass is 10.2. The van der Waals surface area contributed by atoms with Crippen LogP contribution in [0.2, 0.25) is 0 Å². The maximum atomic E-state index is 8.97. The van der Waals surface area contributed by atoms with Gasteiger partial charge in [-0.1, -0.05) is 11.6 Å². The zero-order valence-corrected chi connectivity index (χ0v) is 6.72. The molecule has 0 unspecified atom stereocenters. The average molecular weight is 190 g/mol. The van der Waals surface area contributed by atoms with Crippen LogP contribution in [-0.4, -0.2) is 16.8 Å². The highest BCUT2D eigenvalue weighted by Gasteiger charge is 2.04. The van der Waals surface area contributed by atoms with E-state index in [0.717, 1.165) is 9.67 Å². The molecule has 0 aromatic rings. The van der Waals surface area contributed by atoms with Crippen molar-refractivity contribution in [3.05, 3.63) is 22.3 Å². The first-order valence-electron chi connectivity index (χ1n) is 2.70. The monoisotopic (exact) mass is 189 g/mol. The van der Waals surface area contributed by atoms with E-state index in [1.54, 1.807) is 0 Å². The molecular weight excluding hydrogens is 182 g/mol. The van der Waals surface area contributed by atoms with Crippen molar-refractivity contribution in [1.82, 2.24) is 5.06 Å². The smallest absolute Gasteiger partial charge is 0.107 e. The van der Waals surface area contributed by atoms with Gasteiger partial charge in [0.1, 0.15) is 4.61 Å². The third-order valence-electron chi connectivity index (χ3n) is 1.18. The summed E-state index contributed by atoms with van der Waals surface area (Å²) >= 11 is 3.19. The molecule has 0 saturated carbocycles. The molecule has 0 bridgehead atoms. The molecule has 3 heteroatoms. The number of nitrogens with zero attached hydrogens (tertiary/aromatic N) is 1. The number of rotatable bonds is 0.